The molecular weight excluding hydrogens is 248 g/mol. The van der Waals surface area contributed by atoms with Crippen LogP contribution in [0.1, 0.15) is 61.2 Å². The molecule has 1 aromatic heterocycles. The van der Waals surface area contributed by atoms with Gasteiger partial charge in [0.1, 0.15) is 0 Å². The Hall–Kier alpha value is -0.930. The summed E-state index contributed by atoms with van der Waals surface area (Å²) < 4.78 is 0. The van der Waals surface area contributed by atoms with Crippen molar-refractivity contribution in [2.45, 2.75) is 59.4 Å². The highest BCUT2D eigenvalue weighted by Gasteiger charge is 2.33. The maximum Gasteiger partial charge on any atom is 0.0499 e. The van der Waals surface area contributed by atoms with Crippen LogP contribution >= 0.6 is 0 Å². The summed E-state index contributed by atoms with van der Waals surface area (Å²) in [5, 5.41) is 13.3. The van der Waals surface area contributed by atoms with E-state index in [1.807, 2.05) is 6.92 Å². The zero-order valence-corrected chi connectivity index (χ0v) is 13.3. The van der Waals surface area contributed by atoms with Crippen molar-refractivity contribution < 1.29 is 5.11 Å². The lowest BCUT2D eigenvalue weighted by molar-refractivity contribution is 0.125. The number of pyridine rings is 1. The van der Waals surface area contributed by atoms with Crippen molar-refractivity contribution in [3.05, 3.63) is 28.6 Å². The molecule has 3 heteroatoms. The van der Waals surface area contributed by atoms with E-state index in [-0.39, 0.29) is 11.5 Å². The molecule has 1 heterocycles. The van der Waals surface area contributed by atoms with Crippen molar-refractivity contribution in [2.24, 2.45) is 5.41 Å². The third kappa shape index (κ3) is 3.21. The first-order chi connectivity index (χ1) is 9.47. The molecule has 0 aliphatic heterocycles. The highest BCUT2D eigenvalue weighted by atomic mass is 16.3. The summed E-state index contributed by atoms with van der Waals surface area (Å²) in [4.78, 5) is 4.58. The molecule has 0 amide bonds. The van der Waals surface area contributed by atoms with Crippen LogP contribution < -0.4 is 5.32 Å². The minimum Gasteiger partial charge on any atom is -0.396 e. The van der Waals surface area contributed by atoms with Crippen molar-refractivity contribution in [3.8, 4) is 0 Å². The lowest BCUT2D eigenvalue weighted by atomic mass is 9.86. The number of hydrogen-bond donors (Lipinski definition) is 2. The van der Waals surface area contributed by atoms with E-state index in [0.29, 0.717) is 6.61 Å². The Morgan fingerprint density at radius 2 is 1.95 bits per heavy atom. The van der Waals surface area contributed by atoms with Crippen molar-refractivity contribution in [1.82, 2.24) is 10.3 Å². The number of hydrogen-bond acceptors (Lipinski definition) is 3. The number of aromatic nitrogens is 1. The fraction of sp³-hybridized carbons (Fsp3) is 0.706. The maximum atomic E-state index is 9.69. The number of aryl methyl sites for hydroxylation is 3. The maximum absolute atomic E-state index is 9.69. The van der Waals surface area contributed by atoms with Gasteiger partial charge >= 0.3 is 0 Å². The van der Waals surface area contributed by atoms with Crippen LogP contribution in [0, 0.1) is 26.2 Å². The topological polar surface area (TPSA) is 45.1 Å². The van der Waals surface area contributed by atoms with Crippen molar-refractivity contribution >= 4 is 0 Å². The first-order valence-electron chi connectivity index (χ1n) is 7.76. The highest BCUT2D eigenvalue weighted by Crippen LogP contribution is 2.37. The average molecular weight is 276 g/mol. The first-order valence-corrected chi connectivity index (χ1v) is 7.76. The Bertz CT molecular complexity index is 441. The summed E-state index contributed by atoms with van der Waals surface area (Å²) in [6, 6.07) is 2.44. The highest BCUT2D eigenvalue weighted by molar-refractivity contribution is 5.33. The van der Waals surface area contributed by atoms with Gasteiger partial charge in [0.05, 0.1) is 0 Å². The van der Waals surface area contributed by atoms with E-state index < -0.39 is 0 Å². The molecular formula is C17H28N2O. The van der Waals surface area contributed by atoms with Crippen molar-refractivity contribution in [1.29, 1.82) is 0 Å². The predicted octanol–water partition coefficient (Wildman–Crippen LogP) is 3.21. The van der Waals surface area contributed by atoms with Crippen LogP contribution in [-0.4, -0.2) is 23.2 Å². The zero-order chi connectivity index (χ0) is 14.8. The van der Waals surface area contributed by atoms with Gasteiger partial charge in [-0.2, -0.15) is 0 Å². The lowest BCUT2D eigenvalue weighted by Gasteiger charge is -2.29. The molecule has 1 unspecified atom stereocenters. The molecule has 0 bridgehead atoms. The largest absolute Gasteiger partial charge is 0.396 e. The fourth-order valence-corrected chi connectivity index (χ4v) is 3.68. The van der Waals surface area contributed by atoms with E-state index in [1.54, 1.807) is 0 Å². The number of rotatable bonds is 5. The van der Waals surface area contributed by atoms with Gasteiger partial charge < -0.3 is 10.4 Å². The Morgan fingerprint density at radius 1 is 1.30 bits per heavy atom. The van der Waals surface area contributed by atoms with Gasteiger partial charge in [-0.05, 0) is 57.7 Å². The number of aliphatic hydroxyl groups is 1. The van der Waals surface area contributed by atoms with Gasteiger partial charge in [-0.3, -0.25) is 4.98 Å². The molecule has 1 fully saturated rings. The molecule has 1 saturated carbocycles. The monoisotopic (exact) mass is 276 g/mol. The number of aliphatic hydroxyl groups excluding tert-OH is 1. The van der Waals surface area contributed by atoms with Gasteiger partial charge in [0.2, 0.25) is 0 Å². The average Bonchev–Trinajstić information content (AvgIpc) is 2.84. The van der Waals surface area contributed by atoms with Crippen LogP contribution in [0.3, 0.4) is 0 Å². The minimum atomic E-state index is 0.105. The molecule has 2 rings (SSSR count). The predicted molar refractivity (Wildman–Crippen MR) is 82.9 cm³/mol. The standard InChI is InChI=1S/C17H28N2O/c1-12-9-13(2)19-15(4)16(12)14(3)18-10-17(11-20)7-5-6-8-17/h9,14,18,20H,5-8,10-11H2,1-4H3. The van der Waals surface area contributed by atoms with Gasteiger partial charge in [0, 0.05) is 36.0 Å². The van der Waals surface area contributed by atoms with Crippen LogP contribution in [0.2, 0.25) is 0 Å². The van der Waals surface area contributed by atoms with Crippen LogP contribution in [0.4, 0.5) is 0 Å². The molecule has 0 saturated heterocycles. The Balaban J connectivity index is 2.07. The molecule has 1 aromatic rings. The van der Waals surface area contributed by atoms with Crippen LogP contribution in [0.25, 0.3) is 0 Å². The Labute approximate surface area is 122 Å². The van der Waals surface area contributed by atoms with Crippen LogP contribution in [-0.2, 0) is 0 Å². The van der Waals surface area contributed by atoms with Crippen LogP contribution in [0.15, 0.2) is 6.07 Å². The van der Waals surface area contributed by atoms with E-state index in [1.165, 1.54) is 24.0 Å². The van der Waals surface area contributed by atoms with Gasteiger partial charge in [0.25, 0.3) is 0 Å². The zero-order valence-electron chi connectivity index (χ0n) is 13.3. The SMILES string of the molecule is Cc1cc(C)c(C(C)NCC2(CO)CCCC2)c(C)n1. The molecule has 20 heavy (non-hydrogen) atoms. The van der Waals surface area contributed by atoms with Gasteiger partial charge in [-0.15, -0.1) is 0 Å². The number of nitrogens with one attached hydrogen (secondary N) is 1. The second kappa shape index (κ2) is 6.23. The number of nitrogens with zero attached hydrogens (tertiary/aromatic N) is 1. The van der Waals surface area contributed by atoms with E-state index in [4.69, 9.17) is 0 Å². The summed E-state index contributed by atoms with van der Waals surface area (Å²) >= 11 is 0. The molecule has 3 nitrogen and oxygen atoms in total. The van der Waals surface area contributed by atoms with E-state index in [9.17, 15) is 5.11 Å². The molecule has 0 spiro atoms. The van der Waals surface area contributed by atoms with Gasteiger partial charge in [-0.25, -0.2) is 0 Å². The molecule has 2 N–H and O–H groups in total. The summed E-state index contributed by atoms with van der Waals surface area (Å²) in [6.07, 6.45) is 4.79. The molecule has 0 aromatic carbocycles. The third-order valence-electron chi connectivity index (χ3n) is 4.80. The summed E-state index contributed by atoms with van der Waals surface area (Å²) in [5.41, 5.74) is 4.92. The van der Waals surface area contributed by atoms with Gasteiger partial charge in [-0.1, -0.05) is 12.8 Å². The second-order valence-corrected chi connectivity index (χ2v) is 6.55. The van der Waals surface area contributed by atoms with Crippen LogP contribution in [0.5, 0.6) is 0 Å². The molecule has 1 atom stereocenters. The summed E-state index contributed by atoms with van der Waals surface area (Å²) in [7, 11) is 0. The molecule has 1 aliphatic rings. The fourth-order valence-electron chi connectivity index (χ4n) is 3.68. The quantitative estimate of drug-likeness (QED) is 0.868. The Kier molecular flexibility index (Phi) is 4.82. The second-order valence-electron chi connectivity index (χ2n) is 6.55. The Morgan fingerprint density at radius 3 is 2.50 bits per heavy atom. The smallest absolute Gasteiger partial charge is 0.0499 e. The molecule has 0 radical (unpaired) electrons. The van der Waals surface area contributed by atoms with Crippen molar-refractivity contribution in [2.75, 3.05) is 13.2 Å². The van der Waals surface area contributed by atoms with Crippen molar-refractivity contribution in [3.63, 3.8) is 0 Å². The first kappa shape index (κ1) is 15.5. The molecule has 112 valence electrons. The van der Waals surface area contributed by atoms with E-state index >= 15 is 0 Å². The summed E-state index contributed by atoms with van der Waals surface area (Å²) in [5.74, 6) is 0. The summed E-state index contributed by atoms with van der Waals surface area (Å²) in [6.45, 7) is 9.69. The van der Waals surface area contributed by atoms with E-state index in [0.717, 1.165) is 30.8 Å². The van der Waals surface area contributed by atoms with E-state index in [2.05, 4.69) is 37.1 Å². The lowest BCUT2D eigenvalue weighted by Crippen LogP contribution is -2.36. The normalized spacial score (nSPS) is 19.2. The molecule has 1 aliphatic carbocycles. The third-order valence-corrected chi connectivity index (χ3v) is 4.80. The minimum absolute atomic E-state index is 0.105. The van der Waals surface area contributed by atoms with Gasteiger partial charge in [0.15, 0.2) is 0 Å².